The number of para-hydroxylation sites is 1. The summed E-state index contributed by atoms with van der Waals surface area (Å²) in [6.45, 7) is 4.30. The first kappa shape index (κ1) is 17.7. The van der Waals surface area contributed by atoms with Crippen molar-refractivity contribution in [3.05, 3.63) is 59.0 Å². The van der Waals surface area contributed by atoms with Crippen molar-refractivity contribution in [2.75, 3.05) is 10.5 Å². The highest BCUT2D eigenvalue weighted by Crippen LogP contribution is 2.33. The van der Waals surface area contributed by atoms with Crippen LogP contribution in [0.1, 0.15) is 25.3 Å². The van der Waals surface area contributed by atoms with Crippen molar-refractivity contribution in [1.29, 1.82) is 0 Å². The van der Waals surface area contributed by atoms with Crippen LogP contribution in [-0.4, -0.2) is 24.8 Å². The summed E-state index contributed by atoms with van der Waals surface area (Å²) in [5, 5.41) is 22.5. The molecule has 2 aromatic heterocycles. The number of rotatable bonds is 4. The first-order valence-electron chi connectivity index (χ1n) is 8.45. The van der Waals surface area contributed by atoms with Gasteiger partial charge in [-0.15, -0.1) is 5.23 Å². The molecule has 2 heterocycles. The second kappa shape index (κ2) is 6.80. The fraction of sp³-hybridized carbons (Fsp3) is 0.158. The molecule has 0 aliphatic rings. The summed E-state index contributed by atoms with van der Waals surface area (Å²) in [4.78, 5) is 8.87. The minimum Gasteiger partial charge on any atom is -0.337 e. The Kier molecular flexibility index (Phi) is 4.47. The Labute approximate surface area is 163 Å². The maximum Gasteiger partial charge on any atom is 0.157 e. The van der Waals surface area contributed by atoms with Gasteiger partial charge in [0.1, 0.15) is 16.7 Å². The molecule has 0 aliphatic carbocycles. The van der Waals surface area contributed by atoms with Crippen LogP contribution < -0.4 is 10.5 Å². The van der Waals surface area contributed by atoms with Gasteiger partial charge in [0.15, 0.2) is 5.82 Å². The van der Waals surface area contributed by atoms with Crippen LogP contribution in [-0.2, 0) is 0 Å². The molecule has 0 amide bonds. The molecule has 27 heavy (non-hydrogen) atoms. The van der Waals surface area contributed by atoms with E-state index in [1.165, 1.54) is 5.56 Å². The number of hydrogen-bond donors (Lipinski definition) is 3. The number of anilines is 3. The second-order valence-electron chi connectivity index (χ2n) is 6.56. The van der Waals surface area contributed by atoms with Crippen molar-refractivity contribution in [3.8, 4) is 0 Å². The zero-order valence-electron chi connectivity index (χ0n) is 14.8. The van der Waals surface area contributed by atoms with E-state index in [0.29, 0.717) is 22.8 Å². The van der Waals surface area contributed by atoms with E-state index in [1.54, 1.807) is 29.1 Å². The third-order valence-electron chi connectivity index (χ3n) is 4.48. The molecule has 0 spiro atoms. The molecule has 0 aliphatic heterocycles. The van der Waals surface area contributed by atoms with Gasteiger partial charge < -0.3 is 5.32 Å². The maximum atomic E-state index is 9.54. The predicted molar refractivity (Wildman–Crippen MR) is 108 cm³/mol. The van der Waals surface area contributed by atoms with E-state index < -0.39 is 0 Å². The molecule has 0 unspecified atom stereocenters. The molecule has 3 N–H and O–H groups in total. The van der Waals surface area contributed by atoms with Crippen LogP contribution in [0.15, 0.2) is 53.4 Å². The SMILES string of the molecule is CC(C)c1ccc(Nc2nc3cccc(N(O)O)c3n3cncc23)c(Br)c1. The molecule has 0 bridgehead atoms. The van der Waals surface area contributed by atoms with Gasteiger partial charge in [0.25, 0.3) is 0 Å². The number of aromatic nitrogens is 3. The van der Waals surface area contributed by atoms with E-state index in [9.17, 15) is 10.4 Å². The molecule has 4 aromatic rings. The topological polar surface area (TPSA) is 85.9 Å². The van der Waals surface area contributed by atoms with Crippen LogP contribution in [0.5, 0.6) is 0 Å². The predicted octanol–water partition coefficient (Wildman–Crippen LogP) is 5.10. The maximum absolute atomic E-state index is 9.54. The molecule has 4 rings (SSSR count). The molecule has 0 radical (unpaired) electrons. The van der Waals surface area contributed by atoms with Crippen LogP contribution in [0.25, 0.3) is 16.6 Å². The highest BCUT2D eigenvalue weighted by Gasteiger charge is 2.15. The van der Waals surface area contributed by atoms with Gasteiger partial charge in [-0.25, -0.2) is 9.97 Å². The van der Waals surface area contributed by atoms with Crippen molar-refractivity contribution in [3.63, 3.8) is 0 Å². The van der Waals surface area contributed by atoms with Gasteiger partial charge in [-0.3, -0.25) is 14.8 Å². The van der Waals surface area contributed by atoms with Crippen molar-refractivity contribution in [1.82, 2.24) is 14.4 Å². The van der Waals surface area contributed by atoms with Crippen molar-refractivity contribution < 1.29 is 10.4 Å². The number of fused-ring (bicyclic) bond motifs is 3. The smallest absolute Gasteiger partial charge is 0.157 e. The zero-order chi connectivity index (χ0) is 19.1. The molecule has 8 heteroatoms. The van der Waals surface area contributed by atoms with Gasteiger partial charge in [-0.1, -0.05) is 26.0 Å². The van der Waals surface area contributed by atoms with Crippen LogP contribution in [0.4, 0.5) is 17.2 Å². The first-order valence-corrected chi connectivity index (χ1v) is 9.24. The number of hydrogen-bond acceptors (Lipinski definition) is 6. The summed E-state index contributed by atoms with van der Waals surface area (Å²) in [5.41, 5.74) is 4.22. The summed E-state index contributed by atoms with van der Waals surface area (Å²) >= 11 is 3.62. The molecule has 0 saturated heterocycles. The van der Waals surface area contributed by atoms with Crippen molar-refractivity contribution in [2.45, 2.75) is 19.8 Å². The first-order chi connectivity index (χ1) is 13.0. The molecular formula is C19H18BrN5O2. The highest BCUT2D eigenvalue weighted by atomic mass is 79.9. The third kappa shape index (κ3) is 3.12. The van der Waals surface area contributed by atoms with E-state index in [1.807, 2.05) is 12.1 Å². The normalized spacial score (nSPS) is 11.5. The summed E-state index contributed by atoms with van der Waals surface area (Å²) in [7, 11) is 0. The fourth-order valence-corrected chi connectivity index (χ4v) is 3.55. The lowest BCUT2D eigenvalue weighted by atomic mass is 10.0. The lowest BCUT2D eigenvalue weighted by Crippen LogP contribution is -2.13. The van der Waals surface area contributed by atoms with Gasteiger partial charge in [-0.05, 0) is 51.7 Å². The van der Waals surface area contributed by atoms with E-state index >= 15 is 0 Å². The number of imidazole rings is 1. The lowest BCUT2D eigenvalue weighted by Gasteiger charge is -2.16. The Morgan fingerprint density at radius 2 is 2.00 bits per heavy atom. The summed E-state index contributed by atoms with van der Waals surface area (Å²) < 4.78 is 2.72. The van der Waals surface area contributed by atoms with Gasteiger partial charge in [0.2, 0.25) is 0 Å². The lowest BCUT2D eigenvalue weighted by molar-refractivity contribution is 0.0298. The van der Waals surface area contributed by atoms with Crippen LogP contribution >= 0.6 is 15.9 Å². The van der Waals surface area contributed by atoms with Gasteiger partial charge in [-0.2, -0.15) is 0 Å². The Bertz CT molecular complexity index is 1140. The Morgan fingerprint density at radius 3 is 2.70 bits per heavy atom. The highest BCUT2D eigenvalue weighted by molar-refractivity contribution is 9.10. The number of benzene rings is 2. The average molecular weight is 428 g/mol. The van der Waals surface area contributed by atoms with E-state index in [0.717, 1.165) is 15.7 Å². The molecule has 0 atom stereocenters. The Balaban J connectivity index is 1.87. The third-order valence-corrected chi connectivity index (χ3v) is 5.13. The van der Waals surface area contributed by atoms with Gasteiger partial charge >= 0.3 is 0 Å². The van der Waals surface area contributed by atoms with Crippen LogP contribution in [0.3, 0.4) is 0 Å². The van der Waals surface area contributed by atoms with E-state index in [2.05, 4.69) is 57.2 Å². The Morgan fingerprint density at radius 1 is 1.19 bits per heavy atom. The number of halogens is 1. The van der Waals surface area contributed by atoms with Crippen molar-refractivity contribution in [2.24, 2.45) is 0 Å². The molecule has 138 valence electrons. The fourth-order valence-electron chi connectivity index (χ4n) is 3.06. The molecule has 7 nitrogen and oxygen atoms in total. The van der Waals surface area contributed by atoms with E-state index in [4.69, 9.17) is 0 Å². The van der Waals surface area contributed by atoms with Crippen molar-refractivity contribution >= 4 is 49.7 Å². The molecule has 0 saturated carbocycles. The minimum absolute atomic E-state index is 0.0950. The van der Waals surface area contributed by atoms with Crippen LogP contribution in [0.2, 0.25) is 0 Å². The largest absolute Gasteiger partial charge is 0.337 e. The number of nitrogens with zero attached hydrogens (tertiary/aromatic N) is 4. The summed E-state index contributed by atoms with van der Waals surface area (Å²) in [6.07, 6.45) is 3.30. The minimum atomic E-state index is 0.0950. The van der Waals surface area contributed by atoms with Gasteiger partial charge in [0, 0.05) is 4.47 Å². The molecular weight excluding hydrogens is 410 g/mol. The average Bonchev–Trinajstić information content (AvgIpc) is 3.12. The number of nitrogens with one attached hydrogen (secondary N) is 1. The van der Waals surface area contributed by atoms with E-state index in [-0.39, 0.29) is 10.9 Å². The zero-order valence-corrected chi connectivity index (χ0v) is 16.3. The quantitative estimate of drug-likeness (QED) is 0.393. The Hall–Kier alpha value is -2.68. The molecule has 0 fully saturated rings. The van der Waals surface area contributed by atoms with Crippen LogP contribution in [0, 0.1) is 0 Å². The van der Waals surface area contributed by atoms with Gasteiger partial charge in [0.05, 0.1) is 23.7 Å². The second-order valence-corrected chi connectivity index (χ2v) is 7.42. The summed E-state index contributed by atoms with van der Waals surface area (Å²) in [5.74, 6) is 1.06. The standard InChI is InChI=1S/C19H18BrN5O2/c1-11(2)12-6-7-14(13(20)8-12)22-19-17-9-21-10-24(17)18-15(23-19)4-3-5-16(18)25(26)27/h3-11,26-27H,1-2H3,(H,22,23). The monoisotopic (exact) mass is 427 g/mol. The summed E-state index contributed by atoms with van der Waals surface area (Å²) in [6, 6.07) is 11.3. The molecule has 2 aromatic carbocycles.